The first-order valence-electron chi connectivity index (χ1n) is 6.33. The fourth-order valence-corrected chi connectivity index (χ4v) is 2.76. The van der Waals surface area contributed by atoms with Gasteiger partial charge in [0.1, 0.15) is 0 Å². The summed E-state index contributed by atoms with van der Waals surface area (Å²) in [5, 5.41) is 5.85. The molecule has 1 aliphatic rings. The molecule has 0 saturated heterocycles. The van der Waals surface area contributed by atoms with Gasteiger partial charge in [-0.1, -0.05) is 25.1 Å². The van der Waals surface area contributed by atoms with E-state index in [1.54, 1.807) is 0 Å². The first-order valence-corrected chi connectivity index (χ1v) is 6.33. The minimum absolute atomic E-state index is 0.267. The number of nitrogens with zero attached hydrogens (tertiary/aromatic N) is 2. The molecule has 1 aliphatic carbocycles. The van der Waals surface area contributed by atoms with Crippen LogP contribution in [0.4, 0.5) is 0 Å². The summed E-state index contributed by atoms with van der Waals surface area (Å²) in [5.74, 6) is 1.51. The summed E-state index contributed by atoms with van der Waals surface area (Å²) in [6.45, 7) is 2.28. The maximum atomic E-state index is 6.25. The van der Waals surface area contributed by atoms with Gasteiger partial charge < -0.3 is 5.73 Å². The average Bonchev–Trinajstić information content (AvgIpc) is 2.97. The Hall–Kier alpha value is -1.35. The van der Waals surface area contributed by atoms with Crippen molar-refractivity contribution in [1.29, 1.82) is 0 Å². The predicted molar refractivity (Wildman–Crippen MR) is 69.7 cm³/mol. The van der Waals surface area contributed by atoms with Crippen molar-refractivity contribution in [2.24, 2.45) is 24.6 Å². The van der Waals surface area contributed by atoms with E-state index in [2.05, 4.69) is 36.3 Å². The minimum atomic E-state index is 0.267. The molecule has 3 rings (SSSR count). The molecule has 0 aliphatic heterocycles. The Morgan fingerprint density at radius 2 is 2.18 bits per heavy atom. The Labute approximate surface area is 102 Å². The summed E-state index contributed by atoms with van der Waals surface area (Å²) in [5.41, 5.74) is 8.59. The van der Waals surface area contributed by atoms with Gasteiger partial charge in [-0.3, -0.25) is 4.68 Å². The quantitative estimate of drug-likeness (QED) is 0.876. The molecule has 3 nitrogen and oxygen atoms in total. The molecule has 1 aromatic carbocycles. The molecule has 1 fully saturated rings. The van der Waals surface area contributed by atoms with Gasteiger partial charge in [0.2, 0.25) is 0 Å². The van der Waals surface area contributed by atoms with E-state index < -0.39 is 0 Å². The second-order valence-corrected chi connectivity index (χ2v) is 5.33. The van der Waals surface area contributed by atoms with E-state index in [0.717, 1.165) is 18.0 Å². The van der Waals surface area contributed by atoms with Crippen LogP contribution in [0, 0.1) is 11.8 Å². The maximum Gasteiger partial charge on any atom is 0.0718 e. The first-order chi connectivity index (χ1) is 8.16. The lowest BCUT2D eigenvalue weighted by atomic mass is 10.0. The van der Waals surface area contributed by atoms with Crippen LogP contribution in [-0.4, -0.2) is 15.8 Å². The summed E-state index contributed by atoms with van der Waals surface area (Å²) >= 11 is 0. The molecule has 3 atom stereocenters. The molecule has 2 N–H and O–H groups in total. The van der Waals surface area contributed by atoms with Gasteiger partial charge in [-0.2, -0.15) is 5.10 Å². The molecule has 1 saturated carbocycles. The summed E-state index contributed by atoms with van der Waals surface area (Å²) in [7, 11) is 2.00. The largest absolute Gasteiger partial charge is 0.327 e. The maximum absolute atomic E-state index is 6.25. The highest BCUT2D eigenvalue weighted by atomic mass is 15.3. The van der Waals surface area contributed by atoms with E-state index in [-0.39, 0.29) is 6.04 Å². The Morgan fingerprint density at radius 1 is 1.47 bits per heavy atom. The number of rotatable bonds is 3. The fraction of sp³-hybridized carbons (Fsp3) is 0.500. The zero-order chi connectivity index (χ0) is 12.0. The normalized spacial score (nSPS) is 25.1. The highest BCUT2D eigenvalue weighted by Crippen LogP contribution is 2.40. The van der Waals surface area contributed by atoms with Gasteiger partial charge in [-0.05, 0) is 24.3 Å². The zero-order valence-electron chi connectivity index (χ0n) is 10.4. The molecule has 3 heteroatoms. The monoisotopic (exact) mass is 229 g/mol. The molecule has 1 heterocycles. The van der Waals surface area contributed by atoms with Crippen LogP contribution in [0.1, 0.15) is 19.0 Å². The zero-order valence-corrected chi connectivity index (χ0v) is 10.4. The molecule has 1 aromatic heterocycles. The molecule has 0 bridgehead atoms. The molecule has 0 amide bonds. The Balaban J connectivity index is 1.90. The van der Waals surface area contributed by atoms with Crippen molar-refractivity contribution in [2.75, 3.05) is 0 Å². The van der Waals surface area contributed by atoms with E-state index in [1.807, 2.05) is 11.7 Å². The van der Waals surface area contributed by atoms with Gasteiger partial charge in [-0.15, -0.1) is 0 Å². The van der Waals surface area contributed by atoms with Crippen molar-refractivity contribution in [3.8, 4) is 0 Å². The lowest BCUT2D eigenvalue weighted by Gasteiger charge is -2.08. The van der Waals surface area contributed by atoms with Gasteiger partial charge in [0.15, 0.2) is 0 Å². The number of benzene rings is 1. The third-order valence-electron chi connectivity index (χ3n) is 3.99. The lowest BCUT2D eigenvalue weighted by Crippen LogP contribution is -2.26. The Kier molecular flexibility index (Phi) is 2.44. The summed E-state index contributed by atoms with van der Waals surface area (Å²) in [4.78, 5) is 0. The van der Waals surface area contributed by atoms with Crippen LogP contribution in [0.2, 0.25) is 0 Å². The highest BCUT2D eigenvalue weighted by molar-refractivity contribution is 5.81. The average molecular weight is 229 g/mol. The number of nitrogens with two attached hydrogens (primary N) is 1. The number of para-hydroxylation sites is 1. The van der Waals surface area contributed by atoms with Crippen LogP contribution in [0.5, 0.6) is 0 Å². The highest BCUT2D eigenvalue weighted by Gasteiger charge is 2.37. The van der Waals surface area contributed by atoms with Crippen LogP contribution < -0.4 is 5.73 Å². The fourth-order valence-electron chi connectivity index (χ4n) is 2.76. The van der Waals surface area contributed by atoms with Crippen LogP contribution in [-0.2, 0) is 13.5 Å². The molecular weight excluding hydrogens is 210 g/mol. The van der Waals surface area contributed by atoms with E-state index in [9.17, 15) is 0 Å². The molecule has 0 radical (unpaired) electrons. The Bertz CT molecular complexity index is 543. The minimum Gasteiger partial charge on any atom is -0.327 e. The molecular formula is C14H19N3. The number of aromatic nitrogens is 2. The van der Waals surface area contributed by atoms with Crippen LogP contribution in [0.15, 0.2) is 24.3 Å². The number of aryl methyl sites for hydroxylation is 1. The number of hydrogen-bond acceptors (Lipinski definition) is 2. The van der Waals surface area contributed by atoms with Crippen molar-refractivity contribution in [3.63, 3.8) is 0 Å². The molecule has 17 heavy (non-hydrogen) atoms. The summed E-state index contributed by atoms with van der Waals surface area (Å²) in [6.07, 6.45) is 2.18. The van der Waals surface area contributed by atoms with Crippen LogP contribution in [0.3, 0.4) is 0 Å². The predicted octanol–water partition coefficient (Wildman–Crippen LogP) is 2.10. The van der Waals surface area contributed by atoms with Crippen LogP contribution >= 0.6 is 0 Å². The van der Waals surface area contributed by atoms with E-state index in [1.165, 1.54) is 17.3 Å². The molecule has 3 unspecified atom stereocenters. The smallest absolute Gasteiger partial charge is 0.0718 e. The van der Waals surface area contributed by atoms with E-state index in [0.29, 0.717) is 5.92 Å². The van der Waals surface area contributed by atoms with Gasteiger partial charge in [0.25, 0.3) is 0 Å². The van der Waals surface area contributed by atoms with Crippen molar-refractivity contribution < 1.29 is 0 Å². The summed E-state index contributed by atoms with van der Waals surface area (Å²) in [6, 6.07) is 8.64. The van der Waals surface area contributed by atoms with Crippen molar-refractivity contribution in [2.45, 2.75) is 25.8 Å². The van der Waals surface area contributed by atoms with Crippen molar-refractivity contribution in [1.82, 2.24) is 9.78 Å². The number of hydrogen-bond donors (Lipinski definition) is 1. The molecule has 2 aromatic rings. The molecule has 90 valence electrons. The lowest BCUT2D eigenvalue weighted by molar-refractivity contribution is 0.551. The van der Waals surface area contributed by atoms with Crippen molar-refractivity contribution in [3.05, 3.63) is 30.0 Å². The van der Waals surface area contributed by atoms with Gasteiger partial charge >= 0.3 is 0 Å². The van der Waals surface area contributed by atoms with Gasteiger partial charge in [0, 0.05) is 24.9 Å². The standard InChI is InChI=1S/C14H19N3/c1-9-7-11(9)12(15)8-13-10-5-3-4-6-14(10)17(2)16-13/h3-6,9,11-12H,7-8,15H2,1-2H3. The second kappa shape index (κ2) is 3.84. The SMILES string of the molecule is CC1CC1C(N)Cc1nn(C)c2ccccc12. The third kappa shape index (κ3) is 1.84. The van der Waals surface area contributed by atoms with Gasteiger partial charge in [0.05, 0.1) is 11.2 Å². The number of fused-ring (bicyclic) bond motifs is 1. The van der Waals surface area contributed by atoms with Gasteiger partial charge in [-0.25, -0.2) is 0 Å². The van der Waals surface area contributed by atoms with E-state index >= 15 is 0 Å². The Morgan fingerprint density at radius 3 is 2.88 bits per heavy atom. The van der Waals surface area contributed by atoms with Crippen molar-refractivity contribution >= 4 is 10.9 Å². The van der Waals surface area contributed by atoms with Crippen LogP contribution in [0.25, 0.3) is 10.9 Å². The topological polar surface area (TPSA) is 43.8 Å². The van der Waals surface area contributed by atoms with E-state index in [4.69, 9.17) is 5.73 Å². The summed E-state index contributed by atoms with van der Waals surface area (Å²) < 4.78 is 1.95. The molecule has 0 spiro atoms. The third-order valence-corrected chi connectivity index (χ3v) is 3.99. The first kappa shape index (κ1) is 10.8. The second-order valence-electron chi connectivity index (χ2n) is 5.33.